The highest BCUT2D eigenvalue weighted by atomic mass is 35.5. The van der Waals surface area contributed by atoms with Crippen molar-refractivity contribution in [2.24, 2.45) is 0 Å². The average Bonchev–Trinajstić information content (AvgIpc) is 2.34. The summed E-state index contributed by atoms with van der Waals surface area (Å²) in [7, 11) is 0. The van der Waals surface area contributed by atoms with E-state index in [0.29, 0.717) is 16.3 Å². The minimum absolute atomic E-state index is 0.0734. The van der Waals surface area contributed by atoms with Gasteiger partial charge >= 0.3 is 0 Å². The number of para-hydroxylation sites is 1. The Balaban J connectivity index is 2.36. The maximum Gasteiger partial charge on any atom is 0.216 e. The van der Waals surface area contributed by atoms with Crippen molar-refractivity contribution in [1.29, 1.82) is 0 Å². The lowest BCUT2D eigenvalue weighted by Gasteiger charge is -2.03. The Morgan fingerprint density at radius 1 is 1.12 bits per heavy atom. The van der Waals surface area contributed by atoms with E-state index in [-0.39, 0.29) is 5.75 Å². The van der Waals surface area contributed by atoms with Gasteiger partial charge in [0.15, 0.2) is 6.21 Å². The van der Waals surface area contributed by atoms with Crippen LogP contribution in [0.4, 0.5) is 5.69 Å². The van der Waals surface area contributed by atoms with Crippen LogP contribution in [-0.4, -0.2) is 16.1 Å². The Morgan fingerprint density at radius 3 is 2.47 bits per heavy atom. The summed E-state index contributed by atoms with van der Waals surface area (Å²) in [6, 6.07) is 13.3. The van der Waals surface area contributed by atoms with Crippen molar-refractivity contribution in [2.45, 2.75) is 0 Å². The van der Waals surface area contributed by atoms with E-state index in [2.05, 4.69) is 0 Å². The monoisotopic (exact) mass is 247 g/mol. The summed E-state index contributed by atoms with van der Waals surface area (Å²) in [6.45, 7) is 0. The molecule has 0 aromatic heterocycles. The second-order valence-corrected chi connectivity index (χ2v) is 3.90. The van der Waals surface area contributed by atoms with Gasteiger partial charge in [0.05, 0.1) is 10.6 Å². The highest BCUT2D eigenvalue weighted by molar-refractivity contribution is 6.33. The first kappa shape index (κ1) is 11.5. The number of halogens is 1. The molecule has 0 saturated carbocycles. The fourth-order valence-corrected chi connectivity index (χ4v) is 1.62. The molecule has 0 amide bonds. The zero-order valence-electron chi connectivity index (χ0n) is 8.88. The van der Waals surface area contributed by atoms with Gasteiger partial charge in [-0.1, -0.05) is 29.8 Å². The van der Waals surface area contributed by atoms with E-state index >= 15 is 0 Å². The molecule has 0 aliphatic heterocycles. The number of hydrogen-bond acceptors (Lipinski definition) is 2. The molecule has 2 aromatic rings. The van der Waals surface area contributed by atoms with E-state index in [0.717, 1.165) is 4.74 Å². The van der Waals surface area contributed by atoms with Crippen LogP contribution in [-0.2, 0) is 0 Å². The van der Waals surface area contributed by atoms with E-state index in [9.17, 15) is 10.3 Å². The molecular formula is C13H10ClNO2. The van der Waals surface area contributed by atoms with Crippen LogP contribution < -0.4 is 0 Å². The van der Waals surface area contributed by atoms with Gasteiger partial charge in [0.25, 0.3) is 0 Å². The van der Waals surface area contributed by atoms with Crippen LogP contribution in [0.1, 0.15) is 5.56 Å². The van der Waals surface area contributed by atoms with Gasteiger partial charge in [0.2, 0.25) is 5.69 Å². The standard InChI is InChI=1S/C13H10ClNO2/c14-13-8-12(16)7-6-10(13)9-15(17)11-4-2-1-3-5-11/h1-9,16H. The van der Waals surface area contributed by atoms with Crippen LogP contribution in [0.15, 0.2) is 48.5 Å². The largest absolute Gasteiger partial charge is 0.618 e. The van der Waals surface area contributed by atoms with Crippen molar-refractivity contribution in [3.05, 3.63) is 64.3 Å². The van der Waals surface area contributed by atoms with Crippen LogP contribution in [0, 0.1) is 5.21 Å². The number of benzene rings is 2. The molecular weight excluding hydrogens is 238 g/mol. The lowest BCUT2D eigenvalue weighted by atomic mass is 10.2. The number of aromatic hydroxyl groups is 1. The highest BCUT2D eigenvalue weighted by Gasteiger charge is 2.04. The van der Waals surface area contributed by atoms with Crippen LogP contribution in [0.2, 0.25) is 5.02 Å². The fraction of sp³-hybridized carbons (Fsp3) is 0. The summed E-state index contributed by atoms with van der Waals surface area (Å²) in [5.41, 5.74) is 1.08. The Bertz CT molecular complexity index is 553. The fourth-order valence-electron chi connectivity index (χ4n) is 1.40. The summed E-state index contributed by atoms with van der Waals surface area (Å²) < 4.78 is 0.734. The molecule has 0 radical (unpaired) electrons. The summed E-state index contributed by atoms with van der Waals surface area (Å²) in [4.78, 5) is 0. The Labute approximate surface area is 104 Å². The minimum Gasteiger partial charge on any atom is -0.618 e. The van der Waals surface area contributed by atoms with E-state index in [1.54, 1.807) is 30.3 Å². The molecule has 0 heterocycles. The van der Waals surface area contributed by atoms with Gasteiger partial charge in [0.1, 0.15) is 5.75 Å². The lowest BCUT2D eigenvalue weighted by molar-refractivity contribution is -0.354. The first-order valence-electron chi connectivity index (χ1n) is 5.01. The first-order valence-corrected chi connectivity index (χ1v) is 5.39. The topological polar surface area (TPSA) is 46.3 Å². The molecule has 0 saturated heterocycles. The summed E-state index contributed by atoms with van der Waals surface area (Å²) >= 11 is 5.90. The maximum atomic E-state index is 11.8. The normalized spacial score (nSPS) is 11.5. The van der Waals surface area contributed by atoms with Crippen molar-refractivity contribution in [3.8, 4) is 5.75 Å². The Kier molecular flexibility index (Phi) is 3.30. The van der Waals surface area contributed by atoms with Gasteiger partial charge in [-0.05, 0) is 18.2 Å². The molecule has 2 aromatic carbocycles. The molecule has 4 heteroatoms. The van der Waals surface area contributed by atoms with Crippen molar-refractivity contribution in [1.82, 2.24) is 0 Å². The van der Waals surface area contributed by atoms with Gasteiger partial charge in [-0.3, -0.25) is 0 Å². The zero-order valence-corrected chi connectivity index (χ0v) is 9.63. The molecule has 1 N–H and O–H groups in total. The predicted molar refractivity (Wildman–Crippen MR) is 68.0 cm³/mol. The molecule has 3 nitrogen and oxygen atoms in total. The molecule has 0 fully saturated rings. The SMILES string of the molecule is [O-][N+](=Cc1ccc(O)cc1Cl)c1ccccc1. The minimum atomic E-state index is 0.0734. The molecule has 17 heavy (non-hydrogen) atoms. The average molecular weight is 248 g/mol. The van der Waals surface area contributed by atoms with Crippen molar-refractivity contribution in [3.63, 3.8) is 0 Å². The van der Waals surface area contributed by atoms with Gasteiger partial charge in [0, 0.05) is 12.1 Å². The van der Waals surface area contributed by atoms with Crippen LogP contribution >= 0.6 is 11.6 Å². The number of hydrogen-bond donors (Lipinski definition) is 1. The molecule has 2 rings (SSSR count). The van der Waals surface area contributed by atoms with Gasteiger partial charge in [-0.2, -0.15) is 4.74 Å². The third-order valence-corrected chi connectivity index (χ3v) is 2.58. The van der Waals surface area contributed by atoms with E-state index in [1.807, 2.05) is 6.07 Å². The maximum absolute atomic E-state index is 11.8. The van der Waals surface area contributed by atoms with Gasteiger partial charge < -0.3 is 10.3 Å². The molecule has 0 spiro atoms. The molecule has 0 unspecified atom stereocenters. The van der Waals surface area contributed by atoms with E-state index in [4.69, 9.17) is 11.6 Å². The number of nitrogens with zero attached hydrogens (tertiary/aromatic N) is 1. The third-order valence-electron chi connectivity index (χ3n) is 2.25. The Morgan fingerprint density at radius 2 is 1.82 bits per heavy atom. The number of phenols is 1. The van der Waals surface area contributed by atoms with Crippen molar-refractivity contribution < 1.29 is 9.85 Å². The third kappa shape index (κ3) is 2.77. The first-order chi connectivity index (χ1) is 8.16. The molecule has 0 bridgehead atoms. The smallest absolute Gasteiger partial charge is 0.216 e. The summed E-state index contributed by atoms with van der Waals surface area (Å²) in [5.74, 6) is 0.0734. The summed E-state index contributed by atoms with van der Waals surface area (Å²) in [6.07, 6.45) is 1.37. The van der Waals surface area contributed by atoms with Crippen LogP contribution in [0.25, 0.3) is 0 Å². The second kappa shape index (κ2) is 4.89. The van der Waals surface area contributed by atoms with Crippen LogP contribution in [0.3, 0.4) is 0 Å². The predicted octanol–water partition coefficient (Wildman–Crippen LogP) is 3.31. The molecule has 0 aliphatic rings. The Hall–Kier alpha value is -2.00. The lowest BCUT2D eigenvalue weighted by Crippen LogP contribution is -1.98. The quantitative estimate of drug-likeness (QED) is 0.383. The summed E-state index contributed by atoms with van der Waals surface area (Å²) in [5, 5.41) is 21.3. The van der Waals surface area contributed by atoms with Gasteiger partial charge in [-0.15, -0.1) is 0 Å². The zero-order chi connectivity index (χ0) is 12.3. The molecule has 86 valence electrons. The number of phenolic OH excluding ortho intramolecular Hbond substituents is 1. The van der Waals surface area contributed by atoms with Gasteiger partial charge in [-0.25, -0.2) is 0 Å². The van der Waals surface area contributed by atoms with Crippen LogP contribution in [0.5, 0.6) is 5.75 Å². The highest BCUT2D eigenvalue weighted by Crippen LogP contribution is 2.20. The van der Waals surface area contributed by atoms with E-state index < -0.39 is 0 Å². The van der Waals surface area contributed by atoms with Crippen molar-refractivity contribution in [2.75, 3.05) is 0 Å². The van der Waals surface area contributed by atoms with Crippen molar-refractivity contribution >= 4 is 23.5 Å². The van der Waals surface area contributed by atoms with E-state index in [1.165, 1.54) is 18.3 Å². The second-order valence-electron chi connectivity index (χ2n) is 3.50. The molecule has 0 aliphatic carbocycles. The molecule has 0 atom stereocenters. The number of rotatable bonds is 2.